The molecule has 2 aromatic rings. The average molecular weight is 363 g/mol. The molecule has 0 atom stereocenters. The fourth-order valence-electron chi connectivity index (χ4n) is 3.95. The highest BCUT2D eigenvalue weighted by Gasteiger charge is 2.27. The Labute approximate surface area is 149 Å². The van der Waals surface area contributed by atoms with Crippen LogP contribution in [0.15, 0.2) is 9.95 Å². The molecule has 0 unspecified atom stereocenters. The topological polar surface area (TPSA) is 52.0 Å². The van der Waals surface area contributed by atoms with Gasteiger partial charge in [0.25, 0.3) is 5.56 Å². The van der Waals surface area contributed by atoms with Crippen molar-refractivity contribution in [3.63, 3.8) is 0 Å². The molecule has 24 heavy (non-hydrogen) atoms. The molecule has 0 saturated heterocycles. The SMILES string of the molecule is CC(=O)CSc1nc2sc3c(c2c(=O)n1C1CCCC1)CCCC3. The van der Waals surface area contributed by atoms with Crippen molar-refractivity contribution in [2.75, 3.05) is 5.75 Å². The van der Waals surface area contributed by atoms with Crippen molar-refractivity contribution in [3.05, 3.63) is 20.8 Å². The molecule has 6 heteroatoms. The zero-order chi connectivity index (χ0) is 16.7. The van der Waals surface area contributed by atoms with E-state index >= 15 is 0 Å². The fourth-order valence-corrected chi connectivity index (χ4v) is 6.12. The number of carbonyl (C=O) groups excluding carboxylic acids is 1. The number of aryl methyl sites for hydroxylation is 2. The summed E-state index contributed by atoms with van der Waals surface area (Å²) >= 11 is 3.12. The van der Waals surface area contributed by atoms with E-state index in [2.05, 4.69) is 0 Å². The summed E-state index contributed by atoms with van der Waals surface area (Å²) in [7, 11) is 0. The van der Waals surface area contributed by atoms with Crippen molar-refractivity contribution in [2.45, 2.75) is 69.5 Å². The molecule has 2 aliphatic rings. The van der Waals surface area contributed by atoms with Crippen LogP contribution < -0.4 is 5.56 Å². The minimum Gasteiger partial charge on any atom is -0.299 e. The summed E-state index contributed by atoms with van der Waals surface area (Å²) in [6.45, 7) is 1.59. The number of thiophene rings is 1. The number of fused-ring (bicyclic) bond motifs is 3. The average Bonchev–Trinajstić information content (AvgIpc) is 3.19. The Morgan fingerprint density at radius 1 is 1.25 bits per heavy atom. The van der Waals surface area contributed by atoms with Crippen LogP contribution >= 0.6 is 23.1 Å². The number of hydrogen-bond acceptors (Lipinski definition) is 5. The lowest BCUT2D eigenvalue weighted by Crippen LogP contribution is -2.27. The molecule has 4 rings (SSSR count). The Hall–Kier alpha value is -1.14. The number of rotatable bonds is 4. The molecule has 4 nitrogen and oxygen atoms in total. The number of thioether (sulfide) groups is 1. The van der Waals surface area contributed by atoms with Gasteiger partial charge in [0.15, 0.2) is 5.16 Å². The third-order valence-electron chi connectivity index (χ3n) is 5.08. The molecule has 1 fully saturated rings. The first-order valence-electron chi connectivity index (χ1n) is 8.84. The van der Waals surface area contributed by atoms with E-state index in [0.29, 0.717) is 5.75 Å². The Bertz CT molecular complexity index is 847. The van der Waals surface area contributed by atoms with Gasteiger partial charge in [-0.1, -0.05) is 24.6 Å². The third kappa shape index (κ3) is 2.84. The van der Waals surface area contributed by atoms with Crippen molar-refractivity contribution < 1.29 is 4.79 Å². The van der Waals surface area contributed by atoms with E-state index in [9.17, 15) is 9.59 Å². The van der Waals surface area contributed by atoms with Crippen LogP contribution in [0.1, 0.15) is 61.9 Å². The number of hydrogen-bond donors (Lipinski definition) is 0. The maximum absolute atomic E-state index is 13.3. The summed E-state index contributed by atoms with van der Waals surface area (Å²) in [4.78, 5) is 31.9. The maximum atomic E-state index is 13.3. The first-order valence-corrected chi connectivity index (χ1v) is 10.6. The van der Waals surface area contributed by atoms with E-state index in [0.717, 1.165) is 41.1 Å². The predicted molar refractivity (Wildman–Crippen MR) is 99.4 cm³/mol. The first-order chi connectivity index (χ1) is 11.6. The van der Waals surface area contributed by atoms with E-state index in [1.54, 1.807) is 18.3 Å². The minimum atomic E-state index is 0.123. The smallest absolute Gasteiger partial charge is 0.263 e. The third-order valence-corrected chi connectivity index (χ3v) is 7.37. The van der Waals surface area contributed by atoms with Crippen molar-refractivity contribution in [2.24, 2.45) is 0 Å². The fraction of sp³-hybridized carbons (Fsp3) is 0.611. The van der Waals surface area contributed by atoms with Gasteiger partial charge in [0.2, 0.25) is 0 Å². The summed E-state index contributed by atoms with van der Waals surface area (Å²) in [6, 6.07) is 0.253. The van der Waals surface area contributed by atoms with Gasteiger partial charge in [-0.3, -0.25) is 14.2 Å². The van der Waals surface area contributed by atoms with Crippen LogP contribution in [0.5, 0.6) is 0 Å². The van der Waals surface area contributed by atoms with Crippen LogP contribution in [0.4, 0.5) is 0 Å². The van der Waals surface area contributed by atoms with Crippen LogP contribution in [0.25, 0.3) is 10.2 Å². The molecule has 0 aromatic carbocycles. The van der Waals surface area contributed by atoms with Crippen molar-refractivity contribution in [3.8, 4) is 0 Å². The number of ketones is 1. The summed E-state index contributed by atoms with van der Waals surface area (Å²) in [5, 5.41) is 1.61. The molecular formula is C18H22N2O2S2. The van der Waals surface area contributed by atoms with Crippen molar-refractivity contribution in [1.82, 2.24) is 9.55 Å². The highest BCUT2D eigenvalue weighted by molar-refractivity contribution is 7.99. The molecule has 1 saturated carbocycles. The Morgan fingerprint density at radius 2 is 2.00 bits per heavy atom. The largest absolute Gasteiger partial charge is 0.299 e. The predicted octanol–water partition coefficient (Wildman–Crippen LogP) is 4.13. The standard InChI is InChI=1S/C18H22N2O2S2/c1-11(21)10-23-18-19-16-15(13-8-4-5-9-14(13)24-16)17(22)20(18)12-6-2-3-7-12/h12H,2-10H2,1H3. The monoisotopic (exact) mass is 362 g/mol. The van der Waals surface area contributed by atoms with Gasteiger partial charge in [0.05, 0.1) is 11.1 Å². The van der Waals surface area contributed by atoms with Crippen LogP contribution in [-0.4, -0.2) is 21.1 Å². The molecule has 2 aromatic heterocycles. The normalized spacial score (nSPS) is 18.2. The van der Waals surface area contributed by atoms with Crippen LogP contribution in [0, 0.1) is 0 Å². The molecule has 0 N–H and O–H groups in total. The van der Waals surface area contributed by atoms with Gasteiger partial charge in [-0.2, -0.15) is 0 Å². The van der Waals surface area contributed by atoms with E-state index in [4.69, 9.17) is 4.98 Å². The minimum absolute atomic E-state index is 0.123. The quantitative estimate of drug-likeness (QED) is 0.606. The Morgan fingerprint density at radius 3 is 2.75 bits per heavy atom. The second-order valence-electron chi connectivity index (χ2n) is 6.89. The van der Waals surface area contributed by atoms with Crippen LogP contribution in [-0.2, 0) is 17.6 Å². The van der Waals surface area contributed by atoms with Gasteiger partial charge in [-0.15, -0.1) is 11.3 Å². The second-order valence-corrected chi connectivity index (χ2v) is 8.92. The summed E-state index contributed by atoms with van der Waals surface area (Å²) < 4.78 is 1.92. The molecule has 0 radical (unpaired) electrons. The lowest BCUT2D eigenvalue weighted by Gasteiger charge is -2.18. The van der Waals surface area contributed by atoms with E-state index in [-0.39, 0.29) is 17.4 Å². The number of aromatic nitrogens is 2. The molecule has 128 valence electrons. The maximum Gasteiger partial charge on any atom is 0.263 e. The van der Waals surface area contributed by atoms with Crippen molar-refractivity contribution >= 4 is 39.1 Å². The van der Waals surface area contributed by atoms with E-state index in [1.807, 2.05) is 4.57 Å². The summed E-state index contributed by atoms with van der Waals surface area (Å²) in [6.07, 6.45) is 8.92. The van der Waals surface area contributed by atoms with Crippen LogP contribution in [0.2, 0.25) is 0 Å². The molecule has 0 aliphatic heterocycles. The molecule has 2 aliphatic carbocycles. The van der Waals surface area contributed by atoms with Gasteiger partial charge in [-0.25, -0.2) is 4.98 Å². The Kier molecular flexibility index (Phi) is 4.52. The van der Waals surface area contributed by atoms with Gasteiger partial charge < -0.3 is 0 Å². The van der Waals surface area contributed by atoms with Gasteiger partial charge in [0.1, 0.15) is 10.6 Å². The molecular weight excluding hydrogens is 340 g/mol. The van der Waals surface area contributed by atoms with E-state index < -0.39 is 0 Å². The lowest BCUT2D eigenvalue weighted by atomic mass is 9.97. The molecule has 0 bridgehead atoms. The number of Topliss-reactive ketones (excluding diaryl/α,β-unsaturated/α-hetero) is 1. The zero-order valence-corrected chi connectivity index (χ0v) is 15.6. The number of carbonyl (C=O) groups is 1. The zero-order valence-electron chi connectivity index (χ0n) is 14.0. The van der Waals surface area contributed by atoms with Gasteiger partial charge in [-0.05, 0) is 51.0 Å². The lowest BCUT2D eigenvalue weighted by molar-refractivity contribution is -0.114. The highest BCUT2D eigenvalue weighted by Crippen LogP contribution is 2.37. The van der Waals surface area contributed by atoms with Crippen LogP contribution in [0.3, 0.4) is 0 Å². The van der Waals surface area contributed by atoms with E-state index in [1.165, 1.54) is 47.9 Å². The highest BCUT2D eigenvalue weighted by atomic mass is 32.2. The van der Waals surface area contributed by atoms with Gasteiger partial charge in [0, 0.05) is 10.9 Å². The number of nitrogens with zero attached hydrogens (tertiary/aromatic N) is 2. The summed E-state index contributed by atoms with van der Waals surface area (Å²) in [5.41, 5.74) is 1.39. The molecule has 2 heterocycles. The second kappa shape index (κ2) is 6.64. The van der Waals surface area contributed by atoms with Crippen molar-refractivity contribution in [1.29, 1.82) is 0 Å². The molecule has 0 spiro atoms. The first kappa shape index (κ1) is 16.3. The summed E-state index contributed by atoms with van der Waals surface area (Å²) in [5.74, 6) is 0.508. The Balaban J connectivity index is 1.90. The molecule has 0 amide bonds. The van der Waals surface area contributed by atoms with Gasteiger partial charge >= 0.3 is 0 Å².